The molecular weight excluding hydrogens is 202 g/mol. The molecule has 0 aromatic heterocycles. The summed E-state index contributed by atoms with van der Waals surface area (Å²) in [6, 6.07) is 7.57. The summed E-state index contributed by atoms with van der Waals surface area (Å²) in [7, 11) is 0. The van der Waals surface area contributed by atoms with Crippen LogP contribution < -0.4 is 10.5 Å². The number of hydrogen-bond acceptors (Lipinski definition) is 4. The lowest BCUT2D eigenvalue weighted by Crippen LogP contribution is -2.20. The van der Waals surface area contributed by atoms with Crippen molar-refractivity contribution in [3.05, 3.63) is 29.8 Å². The lowest BCUT2D eigenvalue weighted by atomic mass is 10.2. The first-order valence-electron chi connectivity index (χ1n) is 5.28. The van der Waals surface area contributed by atoms with Gasteiger partial charge in [0.15, 0.2) is 0 Å². The largest absolute Gasteiger partial charge is 0.484 e. The zero-order valence-corrected chi connectivity index (χ0v) is 8.99. The second-order valence-corrected chi connectivity index (χ2v) is 3.97. The van der Waals surface area contributed by atoms with Gasteiger partial charge in [0, 0.05) is 25.1 Å². The molecule has 2 rings (SSSR count). The summed E-state index contributed by atoms with van der Waals surface area (Å²) in [5.74, 6) is 0.729. The molecule has 0 amide bonds. The van der Waals surface area contributed by atoms with Crippen molar-refractivity contribution in [2.45, 2.75) is 25.5 Å². The Morgan fingerprint density at radius 2 is 2.19 bits per heavy atom. The molecule has 4 N–H and O–H groups in total. The van der Waals surface area contributed by atoms with Gasteiger partial charge in [0.1, 0.15) is 11.9 Å². The van der Waals surface area contributed by atoms with Crippen LogP contribution in [0.1, 0.15) is 18.4 Å². The molecule has 1 fully saturated rings. The molecule has 1 aromatic rings. The molecule has 0 spiro atoms. The van der Waals surface area contributed by atoms with E-state index in [0.29, 0.717) is 30.8 Å². The molecule has 0 radical (unpaired) electrons. The van der Waals surface area contributed by atoms with E-state index >= 15 is 0 Å². The van der Waals surface area contributed by atoms with Gasteiger partial charge < -0.3 is 21.3 Å². The molecule has 1 unspecified atom stereocenters. The highest BCUT2D eigenvalue weighted by molar-refractivity contribution is 6.11. The van der Waals surface area contributed by atoms with E-state index in [2.05, 4.69) is 0 Å². The molecule has 1 aliphatic rings. The van der Waals surface area contributed by atoms with Crippen molar-refractivity contribution in [2.75, 3.05) is 0 Å². The van der Waals surface area contributed by atoms with Crippen molar-refractivity contribution in [3.8, 4) is 5.75 Å². The smallest absolute Gasteiger partial charge is 0.142 e. The molecule has 1 atom stereocenters. The molecule has 1 saturated carbocycles. The average molecular weight is 217 g/mol. The van der Waals surface area contributed by atoms with Crippen LogP contribution >= 0.6 is 0 Å². The minimum absolute atomic E-state index is 0.263. The van der Waals surface area contributed by atoms with Crippen LogP contribution in [0.25, 0.3) is 0 Å². The fraction of sp³-hybridized carbons (Fsp3) is 0.333. The fourth-order valence-electron chi connectivity index (χ4n) is 1.79. The van der Waals surface area contributed by atoms with Crippen LogP contribution in [-0.4, -0.2) is 17.5 Å². The van der Waals surface area contributed by atoms with Gasteiger partial charge >= 0.3 is 0 Å². The Labute approximate surface area is 94.4 Å². The Kier molecular flexibility index (Phi) is 3.01. The van der Waals surface area contributed by atoms with E-state index in [1.54, 1.807) is 0 Å². The third-order valence-corrected chi connectivity index (χ3v) is 2.64. The number of nitrogens with two attached hydrogens (primary N) is 1. The van der Waals surface area contributed by atoms with Crippen LogP contribution in [0.4, 0.5) is 0 Å². The van der Waals surface area contributed by atoms with Crippen molar-refractivity contribution < 1.29 is 4.74 Å². The Hall–Kier alpha value is -1.68. The number of nitrogens with one attached hydrogen (secondary N) is 2. The van der Waals surface area contributed by atoms with E-state index in [4.69, 9.17) is 21.3 Å². The standard InChI is InChI=1S/C12H15N3O/c13-7-8-2-1-3-10(4-8)16-12-6-9(14)5-11(12)15/h1-4,12,14-15H,5-7,13H2. The molecule has 0 saturated heterocycles. The highest BCUT2D eigenvalue weighted by Gasteiger charge is 2.26. The van der Waals surface area contributed by atoms with Crippen molar-refractivity contribution in [1.29, 1.82) is 10.8 Å². The van der Waals surface area contributed by atoms with Gasteiger partial charge in [0.25, 0.3) is 0 Å². The molecule has 0 heterocycles. The maximum Gasteiger partial charge on any atom is 0.142 e. The van der Waals surface area contributed by atoms with Gasteiger partial charge in [-0.25, -0.2) is 0 Å². The second kappa shape index (κ2) is 4.45. The lowest BCUT2D eigenvalue weighted by Gasteiger charge is -2.13. The molecular formula is C12H15N3O. The predicted molar refractivity (Wildman–Crippen MR) is 63.4 cm³/mol. The van der Waals surface area contributed by atoms with Gasteiger partial charge in [-0.2, -0.15) is 0 Å². The van der Waals surface area contributed by atoms with Gasteiger partial charge in [-0.05, 0) is 17.7 Å². The topological polar surface area (TPSA) is 83.0 Å². The van der Waals surface area contributed by atoms with E-state index < -0.39 is 0 Å². The number of hydrogen-bond donors (Lipinski definition) is 3. The molecule has 4 nitrogen and oxygen atoms in total. The SMILES string of the molecule is N=C1CC(=N)C(Oc2cccc(CN)c2)C1. The van der Waals surface area contributed by atoms with Crippen LogP contribution in [-0.2, 0) is 6.54 Å². The Balaban J connectivity index is 2.09. The van der Waals surface area contributed by atoms with Crippen molar-refractivity contribution in [3.63, 3.8) is 0 Å². The number of benzene rings is 1. The zero-order valence-electron chi connectivity index (χ0n) is 8.99. The molecule has 0 bridgehead atoms. The summed E-state index contributed by atoms with van der Waals surface area (Å²) in [6.45, 7) is 0.481. The zero-order chi connectivity index (χ0) is 11.5. The second-order valence-electron chi connectivity index (χ2n) is 3.97. The maximum atomic E-state index is 7.69. The summed E-state index contributed by atoms with van der Waals surface area (Å²) in [6.07, 6.45) is 0.716. The predicted octanol–water partition coefficient (Wildman–Crippen LogP) is 1.73. The van der Waals surface area contributed by atoms with E-state index in [9.17, 15) is 0 Å². The quantitative estimate of drug-likeness (QED) is 0.720. The van der Waals surface area contributed by atoms with E-state index in [1.807, 2.05) is 24.3 Å². The molecule has 0 aliphatic heterocycles. The lowest BCUT2D eigenvalue weighted by molar-refractivity contribution is 0.278. The Morgan fingerprint density at radius 3 is 2.81 bits per heavy atom. The van der Waals surface area contributed by atoms with Gasteiger partial charge in [-0.3, -0.25) is 0 Å². The molecule has 4 heteroatoms. The van der Waals surface area contributed by atoms with Crippen LogP contribution in [0, 0.1) is 10.8 Å². The van der Waals surface area contributed by atoms with E-state index in [1.165, 1.54) is 0 Å². The van der Waals surface area contributed by atoms with Crippen molar-refractivity contribution in [1.82, 2.24) is 0 Å². The molecule has 16 heavy (non-hydrogen) atoms. The van der Waals surface area contributed by atoms with Crippen LogP contribution in [0.5, 0.6) is 5.75 Å². The number of rotatable bonds is 3. The average Bonchev–Trinajstić information content (AvgIpc) is 2.58. The normalized spacial score (nSPS) is 20.2. The van der Waals surface area contributed by atoms with E-state index in [-0.39, 0.29) is 6.10 Å². The van der Waals surface area contributed by atoms with Crippen LogP contribution in [0.15, 0.2) is 24.3 Å². The van der Waals surface area contributed by atoms with Gasteiger partial charge in [-0.15, -0.1) is 0 Å². The molecule has 1 aliphatic carbocycles. The van der Waals surface area contributed by atoms with Crippen molar-refractivity contribution in [2.24, 2.45) is 5.73 Å². The molecule has 1 aromatic carbocycles. The summed E-state index contributed by atoms with van der Waals surface area (Å²) in [5, 5.41) is 15.2. The highest BCUT2D eigenvalue weighted by Crippen LogP contribution is 2.20. The first-order chi connectivity index (χ1) is 7.69. The minimum atomic E-state index is -0.263. The maximum absolute atomic E-state index is 7.69. The third kappa shape index (κ3) is 2.28. The van der Waals surface area contributed by atoms with Crippen LogP contribution in [0.2, 0.25) is 0 Å². The fourth-order valence-corrected chi connectivity index (χ4v) is 1.79. The van der Waals surface area contributed by atoms with Crippen molar-refractivity contribution >= 4 is 11.4 Å². The monoisotopic (exact) mass is 217 g/mol. The first-order valence-corrected chi connectivity index (χ1v) is 5.28. The van der Waals surface area contributed by atoms with Gasteiger partial charge in [0.05, 0.1) is 5.71 Å². The Morgan fingerprint density at radius 1 is 1.38 bits per heavy atom. The molecule has 84 valence electrons. The summed E-state index contributed by atoms with van der Waals surface area (Å²) in [5.41, 5.74) is 7.62. The van der Waals surface area contributed by atoms with E-state index in [0.717, 1.165) is 11.3 Å². The van der Waals surface area contributed by atoms with Gasteiger partial charge in [-0.1, -0.05) is 12.1 Å². The Bertz CT molecular complexity index is 428. The minimum Gasteiger partial charge on any atom is -0.484 e. The summed E-state index contributed by atoms with van der Waals surface area (Å²) >= 11 is 0. The summed E-state index contributed by atoms with van der Waals surface area (Å²) in [4.78, 5) is 0. The summed E-state index contributed by atoms with van der Waals surface area (Å²) < 4.78 is 5.68. The third-order valence-electron chi connectivity index (χ3n) is 2.64. The van der Waals surface area contributed by atoms with Crippen LogP contribution in [0.3, 0.4) is 0 Å². The number of ether oxygens (including phenoxy) is 1. The first kappa shape index (κ1) is 10.8. The highest BCUT2D eigenvalue weighted by atomic mass is 16.5. The van der Waals surface area contributed by atoms with Gasteiger partial charge in [0.2, 0.25) is 0 Å².